The zero-order chi connectivity index (χ0) is 15.8. The van der Waals surface area contributed by atoms with E-state index in [1.807, 2.05) is 25.2 Å². The van der Waals surface area contributed by atoms with E-state index >= 15 is 0 Å². The molecule has 0 saturated carbocycles. The number of likely N-dealkylation sites (N-methyl/N-ethyl adjacent to an activating group) is 1. The molecule has 2 rings (SSSR count). The number of thiophene rings is 1. The van der Waals surface area contributed by atoms with Gasteiger partial charge in [0.05, 0.1) is 7.11 Å². The molecule has 0 aliphatic carbocycles. The van der Waals surface area contributed by atoms with Gasteiger partial charge in [0.1, 0.15) is 5.75 Å². The molecule has 23 heavy (non-hydrogen) atoms. The van der Waals surface area contributed by atoms with Gasteiger partial charge >= 0.3 is 0 Å². The lowest BCUT2D eigenvalue weighted by atomic mass is 10.2. The number of ether oxygens (including phenoxy) is 1. The maximum absolute atomic E-state index is 5.38. The largest absolute Gasteiger partial charge is 0.496 e. The van der Waals surface area contributed by atoms with Crippen LogP contribution in [0.5, 0.6) is 5.75 Å². The molecule has 0 spiro atoms. The molecule has 4 nitrogen and oxygen atoms in total. The van der Waals surface area contributed by atoms with Crippen molar-refractivity contribution in [1.82, 2.24) is 10.2 Å². The highest BCUT2D eigenvalue weighted by Gasteiger charge is 2.08. The summed E-state index contributed by atoms with van der Waals surface area (Å²) >= 11 is 1.80. The Kier molecular flexibility index (Phi) is 9.01. The first kappa shape index (κ1) is 19.8. The molecule has 0 aliphatic heterocycles. The van der Waals surface area contributed by atoms with Crippen LogP contribution in [0.4, 0.5) is 0 Å². The van der Waals surface area contributed by atoms with E-state index in [0.717, 1.165) is 30.2 Å². The molecular formula is C17H24IN3OS. The van der Waals surface area contributed by atoms with E-state index in [-0.39, 0.29) is 24.0 Å². The second-order valence-corrected chi connectivity index (χ2v) is 6.00. The summed E-state index contributed by atoms with van der Waals surface area (Å²) in [6, 6.07) is 12.3. The predicted molar refractivity (Wildman–Crippen MR) is 109 cm³/mol. The Bertz CT molecular complexity index is 602. The van der Waals surface area contributed by atoms with Crippen molar-refractivity contribution in [3.63, 3.8) is 0 Å². The molecule has 0 fully saturated rings. The molecule has 1 N–H and O–H groups in total. The summed E-state index contributed by atoms with van der Waals surface area (Å²) in [7, 11) is 5.57. The fraction of sp³-hybridized carbons (Fsp3) is 0.353. The first-order valence-corrected chi connectivity index (χ1v) is 8.18. The van der Waals surface area contributed by atoms with Crippen molar-refractivity contribution in [2.24, 2.45) is 4.99 Å². The average molecular weight is 445 g/mol. The monoisotopic (exact) mass is 445 g/mol. The number of nitrogens with one attached hydrogen (secondary N) is 1. The van der Waals surface area contributed by atoms with Crippen LogP contribution in [0.25, 0.3) is 0 Å². The Hall–Kier alpha value is -1.28. The van der Waals surface area contributed by atoms with Gasteiger partial charge in [0.2, 0.25) is 0 Å². The normalized spacial score (nSPS) is 10.8. The van der Waals surface area contributed by atoms with Gasteiger partial charge < -0.3 is 15.0 Å². The van der Waals surface area contributed by atoms with Gasteiger partial charge in [0, 0.05) is 37.6 Å². The number of nitrogens with zero attached hydrogens (tertiary/aromatic N) is 2. The number of hydrogen-bond acceptors (Lipinski definition) is 3. The van der Waals surface area contributed by atoms with E-state index in [9.17, 15) is 0 Å². The van der Waals surface area contributed by atoms with Crippen LogP contribution in [0.15, 0.2) is 46.8 Å². The van der Waals surface area contributed by atoms with E-state index in [1.54, 1.807) is 18.4 Å². The quantitative estimate of drug-likeness (QED) is 0.419. The Labute approximate surface area is 159 Å². The van der Waals surface area contributed by atoms with E-state index in [0.29, 0.717) is 6.54 Å². The molecule has 126 valence electrons. The minimum Gasteiger partial charge on any atom is -0.496 e. The van der Waals surface area contributed by atoms with Crippen LogP contribution < -0.4 is 10.1 Å². The van der Waals surface area contributed by atoms with Crippen LogP contribution in [0, 0.1) is 0 Å². The average Bonchev–Trinajstić information content (AvgIpc) is 3.07. The second-order valence-electron chi connectivity index (χ2n) is 4.96. The maximum Gasteiger partial charge on any atom is 0.193 e. The van der Waals surface area contributed by atoms with Crippen molar-refractivity contribution in [2.45, 2.75) is 13.0 Å². The highest BCUT2D eigenvalue weighted by atomic mass is 127. The number of hydrogen-bond donors (Lipinski definition) is 1. The van der Waals surface area contributed by atoms with Crippen molar-refractivity contribution in [3.05, 3.63) is 52.2 Å². The lowest BCUT2D eigenvalue weighted by Gasteiger charge is -2.22. The Morgan fingerprint density at radius 1 is 1.26 bits per heavy atom. The topological polar surface area (TPSA) is 36.9 Å². The first-order chi connectivity index (χ1) is 10.7. The maximum atomic E-state index is 5.38. The Balaban J connectivity index is 0.00000264. The zero-order valence-electron chi connectivity index (χ0n) is 13.8. The van der Waals surface area contributed by atoms with Gasteiger partial charge in [-0.25, -0.2) is 0 Å². The molecule has 0 saturated heterocycles. The molecule has 0 unspecified atom stereocenters. The van der Waals surface area contributed by atoms with Gasteiger partial charge in [-0.05, 0) is 23.9 Å². The van der Waals surface area contributed by atoms with Crippen molar-refractivity contribution < 1.29 is 4.74 Å². The van der Waals surface area contributed by atoms with Crippen LogP contribution in [0.1, 0.15) is 10.4 Å². The summed E-state index contributed by atoms with van der Waals surface area (Å²) in [5.41, 5.74) is 1.12. The standard InChI is InChI=1S/C17H23N3OS.HI/c1-18-17(20(2)11-10-15-8-6-12-22-15)19-13-14-7-4-5-9-16(14)21-3;/h4-9,12H,10-11,13H2,1-3H3,(H,18,19);1H. The third-order valence-electron chi connectivity index (χ3n) is 3.48. The number of halogens is 1. The summed E-state index contributed by atoms with van der Waals surface area (Å²) in [5, 5.41) is 5.50. The van der Waals surface area contributed by atoms with Gasteiger partial charge in [0.15, 0.2) is 5.96 Å². The fourth-order valence-corrected chi connectivity index (χ4v) is 2.94. The molecule has 0 bridgehead atoms. The van der Waals surface area contributed by atoms with E-state index in [2.05, 4.69) is 45.8 Å². The molecule has 0 radical (unpaired) electrons. The van der Waals surface area contributed by atoms with Crippen molar-refractivity contribution in [1.29, 1.82) is 0 Å². The lowest BCUT2D eigenvalue weighted by Crippen LogP contribution is -2.39. The third kappa shape index (κ3) is 6.02. The van der Waals surface area contributed by atoms with Crippen molar-refractivity contribution in [2.75, 3.05) is 27.7 Å². The number of aliphatic imine (C=N–C) groups is 1. The molecular weight excluding hydrogens is 421 g/mol. The molecule has 2 aromatic rings. The number of para-hydroxylation sites is 1. The van der Waals surface area contributed by atoms with Crippen LogP contribution in [0.3, 0.4) is 0 Å². The van der Waals surface area contributed by atoms with E-state index < -0.39 is 0 Å². The highest BCUT2D eigenvalue weighted by molar-refractivity contribution is 14.0. The van der Waals surface area contributed by atoms with Crippen LogP contribution in [-0.4, -0.2) is 38.6 Å². The second kappa shape index (κ2) is 10.5. The van der Waals surface area contributed by atoms with Crippen LogP contribution in [0.2, 0.25) is 0 Å². The SMILES string of the molecule is CN=C(NCc1ccccc1OC)N(C)CCc1cccs1.I. The molecule has 0 atom stereocenters. The molecule has 1 heterocycles. The summed E-state index contributed by atoms with van der Waals surface area (Å²) in [6.07, 6.45) is 1.03. The summed E-state index contributed by atoms with van der Waals surface area (Å²) in [4.78, 5) is 7.90. The summed E-state index contributed by atoms with van der Waals surface area (Å²) < 4.78 is 5.38. The third-order valence-corrected chi connectivity index (χ3v) is 4.41. The summed E-state index contributed by atoms with van der Waals surface area (Å²) in [6.45, 7) is 1.63. The summed E-state index contributed by atoms with van der Waals surface area (Å²) in [5.74, 6) is 1.79. The molecule has 0 aliphatic rings. The lowest BCUT2D eigenvalue weighted by molar-refractivity contribution is 0.408. The number of rotatable bonds is 6. The first-order valence-electron chi connectivity index (χ1n) is 7.30. The highest BCUT2D eigenvalue weighted by Crippen LogP contribution is 2.16. The minimum atomic E-state index is 0. The number of guanidine groups is 1. The molecule has 0 amide bonds. The van der Waals surface area contributed by atoms with Gasteiger partial charge in [-0.2, -0.15) is 0 Å². The zero-order valence-corrected chi connectivity index (χ0v) is 16.9. The minimum absolute atomic E-state index is 0. The van der Waals surface area contributed by atoms with Crippen molar-refractivity contribution in [3.8, 4) is 5.75 Å². The van der Waals surface area contributed by atoms with Gasteiger partial charge in [0.25, 0.3) is 0 Å². The number of methoxy groups -OCH3 is 1. The van der Waals surface area contributed by atoms with Crippen LogP contribution in [-0.2, 0) is 13.0 Å². The van der Waals surface area contributed by atoms with E-state index in [1.165, 1.54) is 4.88 Å². The van der Waals surface area contributed by atoms with Crippen molar-refractivity contribution >= 4 is 41.3 Å². The van der Waals surface area contributed by atoms with Gasteiger partial charge in [-0.15, -0.1) is 35.3 Å². The van der Waals surface area contributed by atoms with Gasteiger partial charge in [-0.3, -0.25) is 4.99 Å². The van der Waals surface area contributed by atoms with Gasteiger partial charge in [-0.1, -0.05) is 24.3 Å². The van der Waals surface area contributed by atoms with Crippen LogP contribution >= 0.6 is 35.3 Å². The number of benzene rings is 1. The fourth-order valence-electron chi connectivity index (χ4n) is 2.25. The molecule has 6 heteroatoms. The van der Waals surface area contributed by atoms with E-state index in [4.69, 9.17) is 4.74 Å². The molecule has 1 aromatic carbocycles. The molecule has 1 aromatic heterocycles. The Morgan fingerprint density at radius 3 is 2.70 bits per heavy atom. The predicted octanol–water partition coefficient (Wildman–Crippen LogP) is 3.62. The Morgan fingerprint density at radius 2 is 2.04 bits per heavy atom. The smallest absolute Gasteiger partial charge is 0.193 e.